The van der Waals surface area contributed by atoms with Crippen LogP contribution in [-0.4, -0.2) is 16.2 Å². The fourth-order valence-electron chi connectivity index (χ4n) is 3.34. The zero-order valence-corrected chi connectivity index (χ0v) is 15.2. The maximum Gasteiger partial charge on any atom is 0.167 e. The predicted octanol–water partition coefficient (Wildman–Crippen LogP) is 4.79. The van der Waals surface area contributed by atoms with Crippen LogP contribution in [-0.2, 0) is 0 Å². The van der Waals surface area contributed by atoms with Gasteiger partial charge in [0, 0.05) is 34.8 Å². The topological polar surface area (TPSA) is 64.9 Å². The molecule has 0 aliphatic carbocycles. The standard InChI is InChI=1S/C21H19N3O.ClH/c1-14(22)20(18-11-6-7-13-23-18)15-8-2-3-9-16(15)21-17-10-4-5-12-19(17)25-24-21;/h2-14,20H,22H2,1H3;1H. The van der Waals surface area contributed by atoms with Gasteiger partial charge in [0.05, 0.1) is 0 Å². The zero-order valence-electron chi connectivity index (χ0n) is 14.4. The van der Waals surface area contributed by atoms with Crippen LogP contribution in [0.15, 0.2) is 77.4 Å². The van der Waals surface area contributed by atoms with Crippen molar-refractivity contribution in [2.75, 3.05) is 0 Å². The van der Waals surface area contributed by atoms with Crippen molar-refractivity contribution in [3.63, 3.8) is 0 Å². The number of nitrogens with zero attached hydrogens (tertiary/aromatic N) is 2. The summed E-state index contributed by atoms with van der Waals surface area (Å²) < 4.78 is 5.51. The van der Waals surface area contributed by atoms with Crippen LogP contribution in [0.25, 0.3) is 22.2 Å². The maximum absolute atomic E-state index is 6.35. The highest BCUT2D eigenvalue weighted by Crippen LogP contribution is 2.36. The average Bonchev–Trinajstić information content (AvgIpc) is 3.07. The van der Waals surface area contributed by atoms with Crippen LogP contribution in [0, 0.1) is 0 Å². The molecule has 0 radical (unpaired) electrons. The monoisotopic (exact) mass is 365 g/mol. The van der Waals surface area contributed by atoms with Gasteiger partial charge in [-0.25, -0.2) is 0 Å². The van der Waals surface area contributed by atoms with Crippen molar-refractivity contribution in [3.8, 4) is 11.3 Å². The van der Waals surface area contributed by atoms with E-state index in [0.717, 1.165) is 33.5 Å². The first-order valence-electron chi connectivity index (χ1n) is 8.36. The third kappa shape index (κ3) is 3.21. The lowest BCUT2D eigenvalue weighted by Gasteiger charge is -2.23. The number of halogens is 1. The Bertz CT molecular complexity index is 998. The van der Waals surface area contributed by atoms with Crippen LogP contribution in [0.1, 0.15) is 24.1 Å². The molecule has 4 nitrogen and oxygen atoms in total. The number of para-hydroxylation sites is 1. The number of rotatable bonds is 4. The molecule has 132 valence electrons. The van der Waals surface area contributed by atoms with E-state index >= 15 is 0 Å². The third-order valence-electron chi connectivity index (χ3n) is 4.46. The summed E-state index contributed by atoms with van der Waals surface area (Å²) in [6.07, 6.45) is 1.80. The highest BCUT2D eigenvalue weighted by atomic mass is 35.5. The van der Waals surface area contributed by atoms with E-state index in [-0.39, 0.29) is 24.4 Å². The molecule has 0 aliphatic heterocycles. The number of nitrogens with two attached hydrogens (primary N) is 1. The molecule has 2 atom stereocenters. The van der Waals surface area contributed by atoms with Crippen molar-refractivity contribution >= 4 is 23.4 Å². The number of hydrogen-bond donors (Lipinski definition) is 1. The predicted molar refractivity (Wildman–Crippen MR) is 106 cm³/mol. The Morgan fingerprint density at radius 1 is 0.923 bits per heavy atom. The van der Waals surface area contributed by atoms with Crippen molar-refractivity contribution in [1.29, 1.82) is 0 Å². The quantitative estimate of drug-likeness (QED) is 0.564. The van der Waals surface area contributed by atoms with E-state index in [1.54, 1.807) is 6.20 Å². The molecule has 4 aromatic rings. The Morgan fingerprint density at radius 2 is 1.65 bits per heavy atom. The maximum atomic E-state index is 6.35. The molecule has 2 N–H and O–H groups in total. The van der Waals surface area contributed by atoms with Crippen LogP contribution in [0.4, 0.5) is 0 Å². The van der Waals surface area contributed by atoms with E-state index in [0.29, 0.717) is 0 Å². The van der Waals surface area contributed by atoms with E-state index in [9.17, 15) is 0 Å². The van der Waals surface area contributed by atoms with Crippen molar-refractivity contribution in [2.24, 2.45) is 5.73 Å². The van der Waals surface area contributed by atoms with Crippen molar-refractivity contribution < 1.29 is 4.52 Å². The van der Waals surface area contributed by atoms with Gasteiger partial charge in [-0.15, -0.1) is 12.4 Å². The molecule has 2 aromatic carbocycles. The first-order chi connectivity index (χ1) is 12.3. The summed E-state index contributed by atoms with van der Waals surface area (Å²) in [4.78, 5) is 4.54. The number of fused-ring (bicyclic) bond motifs is 1. The zero-order chi connectivity index (χ0) is 17.2. The summed E-state index contributed by atoms with van der Waals surface area (Å²) in [5, 5.41) is 5.32. The van der Waals surface area contributed by atoms with E-state index in [1.165, 1.54) is 0 Å². The van der Waals surface area contributed by atoms with Crippen LogP contribution in [0.5, 0.6) is 0 Å². The molecule has 5 heteroatoms. The van der Waals surface area contributed by atoms with E-state index < -0.39 is 0 Å². The Hall–Kier alpha value is -2.69. The second-order valence-corrected chi connectivity index (χ2v) is 6.21. The molecule has 0 aliphatic rings. The Kier molecular flexibility index (Phi) is 5.35. The van der Waals surface area contributed by atoms with Gasteiger partial charge in [0.25, 0.3) is 0 Å². The van der Waals surface area contributed by atoms with E-state index in [1.807, 2.05) is 61.5 Å². The number of aromatic nitrogens is 2. The van der Waals surface area contributed by atoms with Crippen LogP contribution in [0.3, 0.4) is 0 Å². The van der Waals surface area contributed by atoms with Gasteiger partial charge in [-0.1, -0.05) is 47.6 Å². The van der Waals surface area contributed by atoms with Crippen molar-refractivity contribution in [2.45, 2.75) is 18.9 Å². The summed E-state index contributed by atoms with van der Waals surface area (Å²) in [6.45, 7) is 2.01. The van der Waals surface area contributed by atoms with Crippen LogP contribution < -0.4 is 5.73 Å². The summed E-state index contributed by atoms with van der Waals surface area (Å²) in [6, 6.07) is 21.9. The van der Waals surface area contributed by atoms with Gasteiger partial charge in [-0.2, -0.15) is 0 Å². The molecule has 2 unspecified atom stereocenters. The molecule has 26 heavy (non-hydrogen) atoms. The molecule has 2 aromatic heterocycles. The van der Waals surface area contributed by atoms with E-state index in [2.05, 4.69) is 22.3 Å². The molecule has 0 saturated carbocycles. The lowest BCUT2D eigenvalue weighted by atomic mass is 9.85. The minimum Gasteiger partial charge on any atom is -0.356 e. The van der Waals surface area contributed by atoms with Crippen LogP contribution in [0.2, 0.25) is 0 Å². The van der Waals surface area contributed by atoms with Crippen molar-refractivity contribution in [3.05, 3.63) is 84.2 Å². The molecule has 0 spiro atoms. The average molecular weight is 366 g/mol. The largest absolute Gasteiger partial charge is 0.356 e. The molecular formula is C21H20ClN3O. The minimum atomic E-state index is -0.0887. The van der Waals surface area contributed by atoms with Gasteiger partial charge in [0.15, 0.2) is 5.58 Å². The first kappa shape index (κ1) is 18.1. The van der Waals surface area contributed by atoms with Crippen molar-refractivity contribution in [1.82, 2.24) is 10.1 Å². The summed E-state index contributed by atoms with van der Waals surface area (Å²) >= 11 is 0. The Morgan fingerprint density at radius 3 is 2.42 bits per heavy atom. The van der Waals surface area contributed by atoms with Gasteiger partial charge >= 0.3 is 0 Å². The number of hydrogen-bond acceptors (Lipinski definition) is 4. The lowest BCUT2D eigenvalue weighted by molar-refractivity contribution is 0.459. The second kappa shape index (κ2) is 7.68. The molecule has 0 bridgehead atoms. The molecule has 0 saturated heterocycles. The highest BCUT2D eigenvalue weighted by molar-refractivity contribution is 5.92. The first-order valence-corrected chi connectivity index (χ1v) is 8.36. The highest BCUT2D eigenvalue weighted by Gasteiger charge is 2.24. The molecule has 0 amide bonds. The molecular weight excluding hydrogens is 346 g/mol. The molecule has 0 fully saturated rings. The molecule has 4 rings (SSSR count). The third-order valence-corrected chi connectivity index (χ3v) is 4.46. The van der Waals surface area contributed by atoms with Gasteiger partial charge in [-0.3, -0.25) is 4.98 Å². The van der Waals surface area contributed by atoms with Gasteiger partial charge in [0.2, 0.25) is 0 Å². The van der Waals surface area contributed by atoms with Gasteiger partial charge in [-0.05, 0) is 36.8 Å². The van der Waals surface area contributed by atoms with Gasteiger partial charge in [0.1, 0.15) is 5.69 Å². The molecule has 2 heterocycles. The fourth-order valence-corrected chi connectivity index (χ4v) is 3.34. The SMILES string of the molecule is CC(N)C(c1ccccn1)c1ccccc1-c1noc2ccccc12.Cl. The summed E-state index contributed by atoms with van der Waals surface area (Å²) in [5.41, 5.74) is 11.1. The summed E-state index contributed by atoms with van der Waals surface area (Å²) in [7, 11) is 0. The fraction of sp³-hybridized carbons (Fsp3) is 0.143. The van der Waals surface area contributed by atoms with Gasteiger partial charge < -0.3 is 10.3 Å². The van der Waals surface area contributed by atoms with Crippen LogP contribution >= 0.6 is 12.4 Å². The number of benzene rings is 2. The Labute approximate surface area is 158 Å². The Balaban J connectivity index is 0.00000196. The second-order valence-electron chi connectivity index (χ2n) is 6.21. The normalized spacial score (nSPS) is 13.2. The minimum absolute atomic E-state index is 0. The van der Waals surface area contributed by atoms with E-state index in [4.69, 9.17) is 10.3 Å². The smallest absolute Gasteiger partial charge is 0.167 e. The number of pyridine rings is 1. The summed E-state index contributed by atoms with van der Waals surface area (Å²) in [5.74, 6) is -0.0205. The lowest BCUT2D eigenvalue weighted by Crippen LogP contribution is -2.26.